The summed E-state index contributed by atoms with van der Waals surface area (Å²) in [4.78, 5) is 12.6. The van der Waals surface area contributed by atoms with Crippen molar-refractivity contribution in [1.82, 2.24) is 5.32 Å². The summed E-state index contributed by atoms with van der Waals surface area (Å²) >= 11 is 0. The Balaban J connectivity index is 1.75. The third-order valence-corrected chi connectivity index (χ3v) is 4.75. The summed E-state index contributed by atoms with van der Waals surface area (Å²) in [6, 6.07) is 18.5. The Hall–Kier alpha value is -3.58. The summed E-state index contributed by atoms with van der Waals surface area (Å²) in [7, 11) is 4.69. The Kier molecular flexibility index (Phi) is 7.45. The van der Waals surface area contributed by atoms with Gasteiger partial charge in [0.2, 0.25) is 5.91 Å². The number of methoxy groups -OCH3 is 3. The number of nitrogens with one attached hydrogen (secondary N) is 2. The zero-order valence-corrected chi connectivity index (χ0v) is 17.6. The molecule has 0 saturated heterocycles. The van der Waals surface area contributed by atoms with Crippen molar-refractivity contribution in [3.05, 3.63) is 83.7 Å². The molecule has 3 rings (SSSR count). The first kappa shape index (κ1) is 22.1. The number of carbonyl (C=O) groups excluding carboxylic acids is 1. The van der Waals surface area contributed by atoms with E-state index in [1.54, 1.807) is 51.7 Å². The SMILES string of the molecule is COc1ccc(C(NCC(=O)Nc2cc(OC)cc(OC)c2)c2ccc(F)cc2)cc1. The average Bonchev–Trinajstić information content (AvgIpc) is 2.80. The fourth-order valence-corrected chi connectivity index (χ4v) is 3.16. The molecule has 0 aromatic heterocycles. The number of anilines is 1. The van der Waals surface area contributed by atoms with Gasteiger partial charge < -0.3 is 19.5 Å². The van der Waals surface area contributed by atoms with Crippen LogP contribution in [0.25, 0.3) is 0 Å². The summed E-state index contributed by atoms with van der Waals surface area (Å²) in [6.07, 6.45) is 0. The van der Waals surface area contributed by atoms with E-state index >= 15 is 0 Å². The topological polar surface area (TPSA) is 68.8 Å². The van der Waals surface area contributed by atoms with Crippen LogP contribution in [0.4, 0.5) is 10.1 Å². The van der Waals surface area contributed by atoms with Crippen molar-refractivity contribution in [2.45, 2.75) is 6.04 Å². The van der Waals surface area contributed by atoms with Gasteiger partial charge in [0.15, 0.2) is 0 Å². The number of rotatable bonds is 9. The van der Waals surface area contributed by atoms with Crippen LogP contribution in [0.1, 0.15) is 17.2 Å². The summed E-state index contributed by atoms with van der Waals surface area (Å²) < 4.78 is 29.1. The second kappa shape index (κ2) is 10.4. The molecule has 6 nitrogen and oxygen atoms in total. The van der Waals surface area contributed by atoms with Gasteiger partial charge >= 0.3 is 0 Å². The fourth-order valence-electron chi connectivity index (χ4n) is 3.16. The second-order valence-corrected chi connectivity index (χ2v) is 6.79. The lowest BCUT2D eigenvalue weighted by Crippen LogP contribution is -2.32. The molecule has 2 N–H and O–H groups in total. The molecule has 162 valence electrons. The lowest BCUT2D eigenvalue weighted by Gasteiger charge is -2.20. The van der Waals surface area contributed by atoms with Gasteiger partial charge in [-0.1, -0.05) is 24.3 Å². The van der Waals surface area contributed by atoms with E-state index in [1.165, 1.54) is 12.1 Å². The van der Waals surface area contributed by atoms with E-state index in [2.05, 4.69) is 10.6 Å². The lowest BCUT2D eigenvalue weighted by molar-refractivity contribution is -0.115. The summed E-state index contributed by atoms with van der Waals surface area (Å²) in [5.74, 6) is 1.32. The average molecular weight is 424 g/mol. The monoisotopic (exact) mass is 424 g/mol. The number of amides is 1. The van der Waals surface area contributed by atoms with Gasteiger partial charge in [0, 0.05) is 23.9 Å². The molecule has 0 aliphatic heterocycles. The van der Waals surface area contributed by atoms with E-state index in [0.29, 0.717) is 17.2 Å². The van der Waals surface area contributed by atoms with E-state index in [1.807, 2.05) is 24.3 Å². The van der Waals surface area contributed by atoms with Crippen LogP contribution in [-0.2, 0) is 4.79 Å². The van der Waals surface area contributed by atoms with Crippen LogP contribution < -0.4 is 24.8 Å². The molecule has 0 bridgehead atoms. The maximum Gasteiger partial charge on any atom is 0.238 e. The predicted octanol–water partition coefficient (Wildman–Crippen LogP) is 4.17. The summed E-state index contributed by atoms with van der Waals surface area (Å²) in [6.45, 7) is 0.0353. The molecular formula is C24H25FN2O4. The van der Waals surface area contributed by atoms with Crippen molar-refractivity contribution >= 4 is 11.6 Å². The zero-order valence-electron chi connectivity index (χ0n) is 17.6. The molecule has 0 heterocycles. The van der Waals surface area contributed by atoms with Crippen LogP contribution in [0.5, 0.6) is 17.2 Å². The van der Waals surface area contributed by atoms with Gasteiger partial charge in [-0.25, -0.2) is 4.39 Å². The number of hydrogen-bond acceptors (Lipinski definition) is 5. The van der Waals surface area contributed by atoms with Gasteiger partial charge in [-0.2, -0.15) is 0 Å². The van der Waals surface area contributed by atoms with E-state index < -0.39 is 0 Å². The van der Waals surface area contributed by atoms with Gasteiger partial charge in [-0.15, -0.1) is 0 Å². The third kappa shape index (κ3) is 5.96. The Morgan fingerprint density at radius 3 is 1.84 bits per heavy atom. The van der Waals surface area contributed by atoms with Crippen LogP contribution in [0, 0.1) is 5.82 Å². The number of ether oxygens (including phenoxy) is 3. The smallest absolute Gasteiger partial charge is 0.238 e. The van der Waals surface area contributed by atoms with Crippen molar-refractivity contribution in [2.24, 2.45) is 0 Å². The molecular weight excluding hydrogens is 399 g/mol. The highest BCUT2D eigenvalue weighted by atomic mass is 19.1. The third-order valence-electron chi connectivity index (χ3n) is 4.75. The first-order valence-electron chi connectivity index (χ1n) is 9.68. The maximum absolute atomic E-state index is 13.4. The minimum absolute atomic E-state index is 0.0353. The molecule has 0 aliphatic rings. The largest absolute Gasteiger partial charge is 0.497 e. The Labute approximate surface area is 181 Å². The standard InChI is InChI=1S/C24H25FN2O4/c1-29-20-10-6-17(7-11-20)24(16-4-8-18(25)9-5-16)26-15-23(28)27-19-12-21(30-2)14-22(13-19)31-3/h4-14,24,26H,15H2,1-3H3,(H,27,28). The number of carbonyl (C=O) groups is 1. The molecule has 0 saturated carbocycles. The van der Waals surface area contributed by atoms with E-state index in [0.717, 1.165) is 16.9 Å². The van der Waals surface area contributed by atoms with Gasteiger partial charge in [-0.05, 0) is 35.4 Å². The van der Waals surface area contributed by atoms with Crippen LogP contribution in [0.2, 0.25) is 0 Å². The molecule has 1 amide bonds. The number of hydrogen-bond donors (Lipinski definition) is 2. The summed E-state index contributed by atoms with van der Waals surface area (Å²) in [5, 5.41) is 6.08. The summed E-state index contributed by atoms with van der Waals surface area (Å²) in [5.41, 5.74) is 2.32. The van der Waals surface area contributed by atoms with Crippen molar-refractivity contribution < 1.29 is 23.4 Å². The fraction of sp³-hybridized carbons (Fsp3) is 0.208. The Morgan fingerprint density at radius 1 is 0.806 bits per heavy atom. The number of halogens is 1. The van der Waals surface area contributed by atoms with Crippen LogP contribution in [0.15, 0.2) is 66.7 Å². The highest BCUT2D eigenvalue weighted by Gasteiger charge is 2.16. The number of benzene rings is 3. The minimum atomic E-state index is -0.318. The molecule has 31 heavy (non-hydrogen) atoms. The molecule has 0 aliphatic carbocycles. The van der Waals surface area contributed by atoms with E-state index in [-0.39, 0.29) is 24.3 Å². The van der Waals surface area contributed by atoms with Crippen molar-refractivity contribution in [2.75, 3.05) is 33.2 Å². The predicted molar refractivity (Wildman–Crippen MR) is 117 cm³/mol. The van der Waals surface area contributed by atoms with Gasteiger partial charge in [-0.3, -0.25) is 10.1 Å². The zero-order chi connectivity index (χ0) is 22.2. The van der Waals surface area contributed by atoms with Crippen molar-refractivity contribution in [3.8, 4) is 17.2 Å². The first-order valence-corrected chi connectivity index (χ1v) is 9.68. The molecule has 7 heteroatoms. The molecule has 1 unspecified atom stereocenters. The molecule has 3 aromatic carbocycles. The van der Waals surface area contributed by atoms with Crippen LogP contribution in [0.3, 0.4) is 0 Å². The van der Waals surface area contributed by atoms with Gasteiger partial charge in [0.1, 0.15) is 23.1 Å². The van der Waals surface area contributed by atoms with Gasteiger partial charge in [0.25, 0.3) is 0 Å². The Bertz CT molecular complexity index is 985. The van der Waals surface area contributed by atoms with Crippen molar-refractivity contribution in [3.63, 3.8) is 0 Å². The molecule has 3 aromatic rings. The second-order valence-electron chi connectivity index (χ2n) is 6.79. The first-order chi connectivity index (χ1) is 15.0. The lowest BCUT2D eigenvalue weighted by atomic mass is 9.98. The Morgan fingerprint density at radius 2 is 1.32 bits per heavy atom. The maximum atomic E-state index is 13.4. The van der Waals surface area contributed by atoms with Crippen LogP contribution in [-0.4, -0.2) is 33.8 Å². The normalized spacial score (nSPS) is 11.5. The molecule has 1 atom stereocenters. The molecule has 0 radical (unpaired) electrons. The highest BCUT2D eigenvalue weighted by Crippen LogP contribution is 2.26. The molecule has 0 spiro atoms. The highest BCUT2D eigenvalue weighted by molar-refractivity contribution is 5.92. The van der Waals surface area contributed by atoms with E-state index in [4.69, 9.17) is 14.2 Å². The van der Waals surface area contributed by atoms with E-state index in [9.17, 15) is 9.18 Å². The van der Waals surface area contributed by atoms with Gasteiger partial charge in [0.05, 0.1) is 33.9 Å². The minimum Gasteiger partial charge on any atom is -0.497 e. The van der Waals surface area contributed by atoms with Crippen molar-refractivity contribution in [1.29, 1.82) is 0 Å². The quantitative estimate of drug-likeness (QED) is 0.540. The molecule has 0 fully saturated rings. The van der Waals surface area contributed by atoms with Crippen LogP contribution >= 0.6 is 0 Å².